The Labute approximate surface area is 309 Å². The van der Waals surface area contributed by atoms with Crippen LogP contribution in [0.2, 0.25) is 0 Å². The van der Waals surface area contributed by atoms with Crippen molar-refractivity contribution >= 4 is 0 Å². The van der Waals surface area contributed by atoms with Gasteiger partial charge >= 0.3 is 0 Å². The number of ether oxygens (including phenoxy) is 3. The molecule has 51 heavy (non-hydrogen) atoms. The molecule has 2 heterocycles. The fraction of sp³-hybridized carbons (Fsp3) is 0.556. The van der Waals surface area contributed by atoms with Gasteiger partial charge in [0.1, 0.15) is 17.5 Å². The van der Waals surface area contributed by atoms with E-state index in [4.69, 9.17) is 14.2 Å². The Bertz CT molecular complexity index is 1320. The lowest BCUT2D eigenvalue weighted by atomic mass is 9.92. The number of hydrogen-bond donors (Lipinski definition) is 0. The summed E-state index contributed by atoms with van der Waals surface area (Å²) in [7, 11) is 0. The van der Waals surface area contributed by atoms with Crippen LogP contribution in [-0.2, 0) is 14.2 Å². The summed E-state index contributed by atoms with van der Waals surface area (Å²) in [6.07, 6.45) is 9.56. The van der Waals surface area contributed by atoms with Crippen molar-refractivity contribution in [1.29, 1.82) is 0 Å². The van der Waals surface area contributed by atoms with E-state index >= 15 is 0 Å². The Balaban J connectivity index is 0.000000307. The molecule has 2 saturated heterocycles. The molecule has 0 spiro atoms. The molecule has 3 aliphatic rings. The van der Waals surface area contributed by atoms with Gasteiger partial charge in [-0.15, -0.1) is 0 Å². The second kappa shape index (κ2) is 25.1. The molecular formula is C45H67F3O3. The summed E-state index contributed by atoms with van der Waals surface area (Å²) >= 11 is 0. The summed E-state index contributed by atoms with van der Waals surface area (Å²) in [5.41, 5.74) is 6.62. The molecule has 3 atom stereocenters. The number of allylic oxidation sites excluding steroid dienone is 2. The van der Waals surface area contributed by atoms with Crippen molar-refractivity contribution in [3.05, 3.63) is 117 Å². The van der Waals surface area contributed by atoms with Crippen molar-refractivity contribution in [2.45, 2.75) is 128 Å². The van der Waals surface area contributed by atoms with Gasteiger partial charge in [-0.25, -0.2) is 13.2 Å². The third kappa shape index (κ3) is 21.9. The Morgan fingerprint density at radius 2 is 1.00 bits per heavy atom. The Morgan fingerprint density at radius 3 is 1.37 bits per heavy atom. The van der Waals surface area contributed by atoms with Crippen LogP contribution in [0.4, 0.5) is 13.2 Å². The smallest absolute Gasteiger partial charge is 0.154 e. The van der Waals surface area contributed by atoms with Gasteiger partial charge < -0.3 is 14.2 Å². The van der Waals surface area contributed by atoms with Gasteiger partial charge in [0, 0.05) is 18.1 Å². The van der Waals surface area contributed by atoms with E-state index in [-0.39, 0.29) is 17.7 Å². The maximum absolute atomic E-state index is 12.6. The van der Waals surface area contributed by atoms with Crippen LogP contribution >= 0.6 is 0 Å². The first-order chi connectivity index (χ1) is 24.0. The van der Waals surface area contributed by atoms with E-state index in [2.05, 4.69) is 78.8 Å². The molecule has 3 nitrogen and oxygen atoms in total. The lowest BCUT2D eigenvalue weighted by Crippen LogP contribution is -2.27. The molecule has 0 N–H and O–H groups in total. The summed E-state index contributed by atoms with van der Waals surface area (Å²) in [4.78, 5) is 0. The van der Waals surface area contributed by atoms with Gasteiger partial charge in [0.2, 0.25) is 0 Å². The average molecular weight is 713 g/mol. The fourth-order valence-corrected chi connectivity index (χ4v) is 4.91. The van der Waals surface area contributed by atoms with Crippen molar-refractivity contribution in [3.63, 3.8) is 0 Å². The highest BCUT2D eigenvalue weighted by Gasteiger charge is 2.14. The van der Waals surface area contributed by atoms with Gasteiger partial charge in [0.25, 0.3) is 0 Å². The normalized spacial score (nSPS) is 22.3. The number of benzene rings is 3. The monoisotopic (exact) mass is 713 g/mol. The zero-order chi connectivity index (χ0) is 38.5. The molecule has 3 unspecified atom stereocenters. The van der Waals surface area contributed by atoms with Crippen LogP contribution in [0.3, 0.4) is 0 Å². The van der Waals surface area contributed by atoms with Crippen LogP contribution < -0.4 is 0 Å². The first kappa shape index (κ1) is 46.1. The van der Waals surface area contributed by atoms with Crippen LogP contribution in [0, 0.1) is 76.7 Å². The second-order valence-electron chi connectivity index (χ2n) is 14.9. The molecule has 3 aromatic carbocycles. The molecular weight excluding hydrogens is 645 g/mol. The molecule has 0 saturated carbocycles. The van der Waals surface area contributed by atoms with E-state index in [0.717, 1.165) is 37.2 Å². The minimum atomic E-state index is -0.475. The first-order valence-corrected chi connectivity index (χ1v) is 18.6. The lowest BCUT2D eigenvalue weighted by molar-refractivity contribution is -0.187. The summed E-state index contributed by atoms with van der Waals surface area (Å²) in [5, 5.41) is 0. The van der Waals surface area contributed by atoms with Crippen molar-refractivity contribution in [1.82, 2.24) is 0 Å². The minimum absolute atomic E-state index is 0.0196. The Kier molecular flexibility index (Phi) is 22.7. The molecule has 1 aliphatic carbocycles. The predicted octanol–water partition coefficient (Wildman–Crippen LogP) is 12.9. The summed E-state index contributed by atoms with van der Waals surface area (Å²) < 4.78 is 53.5. The Morgan fingerprint density at radius 1 is 0.510 bits per heavy atom. The molecule has 0 bridgehead atoms. The molecule has 0 amide bonds. The van der Waals surface area contributed by atoms with Gasteiger partial charge in [-0.2, -0.15) is 0 Å². The van der Waals surface area contributed by atoms with E-state index in [1.54, 1.807) is 25.5 Å². The van der Waals surface area contributed by atoms with Gasteiger partial charge in [-0.1, -0.05) is 79.9 Å². The summed E-state index contributed by atoms with van der Waals surface area (Å²) in [5.74, 6) is 1.25. The SMILES string of the molecule is CC1=CCC(C)CC1.CC1CCC(C)OC1.CC1COC(C)OC1.Cc1cc(F)c(C)c(F)c1.Cc1ccc(C)c(F)c1.Cc1ccc(C)cc1. The lowest BCUT2D eigenvalue weighted by Gasteiger charge is -2.24. The molecule has 2 aliphatic heterocycles. The maximum Gasteiger partial charge on any atom is 0.154 e. The number of halogens is 3. The van der Waals surface area contributed by atoms with Gasteiger partial charge in [-0.3, -0.25) is 0 Å². The molecule has 2 fully saturated rings. The van der Waals surface area contributed by atoms with Crippen molar-refractivity contribution in [3.8, 4) is 0 Å². The van der Waals surface area contributed by atoms with E-state index in [1.807, 2.05) is 19.9 Å². The largest absolute Gasteiger partial charge is 0.378 e. The van der Waals surface area contributed by atoms with Crippen LogP contribution in [0.15, 0.2) is 66.2 Å². The van der Waals surface area contributed by atoms with Crippen molar-refractivity contribution < 1.29 is 27.4 Å². The zero-order valence-electron chi connectivity index (χ0n) is 33.7. The predicted molar refractivity (Wildman–Crippen MR) is 209 cm³/mol. The van der Waals surface area contributed by atoms with Crippen LogP contribution in [-0.4, -0.2) is 32.2 Å². The van der Waals surface area contributed by atoms with Gasteiger partial charge in [0.05, 0.1) is 19.3 Å². The number of hydrogen-bond acceptors (Lipinski definition) is 3. The van der Waals surface area contributed by atoms with E-state index in [0.29, 0.717) is 23.1 Å². The van der Waals surface area contributed by atoms with Crippen LogP contribution in [0.25, 0.3) is 0 Å². The molecule has 3 aromatic rings. The number of aryl methyl sites for hydroxylation is 5. The molecule has 6 rings (SSSR count). The average Bonchev–Trinajstić information content (AvgIpc) is 3.09. The number of rotatable bonds is 0. The van der Waals surface area contributed by atoms with Crippen LogP contribution in [0.1, 0.15) is 107 Å². The molecule has 0 aromatic heterocycles. The molecule has 286 valence electrons. The standard InChI is InChI=1S/C8H8F2.C8H9F.C8H14.C8H10.C7H14O.C6H12O2/c1-5-3-7(9)6(2)8(10)4-5;1-6-3-4-7(2)8(9)5-6;2*1-7-3-5-8(2)6-4-7;1-6-3-4-7(2)8-5-6;1-5-3-7-6(2)8-4-5/h3-4H,1-2H3;3-5H,1-2H3;3,8H,4-6H2,1-2H3;3-6H,1-2H3;6-7H,3-5H2,1-2H3;5-6H,3-4H2,1-2H3. The molecule has 0 radical (unpaired) electrons. The third-order valence-corrected chi connectivity index (χ3v) is 8.83. The first-order valence-electron chi connectivity index (χ1n) is 18.6. The van der Waals surface area contributed by atoms with E-state index in [1.165, 1.54) is 68.4 Å². The highest BCUT2D eigenvalue weighted by molar-refractivity contribution is 5.24. The van der Waals surface area contributed by atoms with Crippen molar-refractivity contribution in [2.24, 2.45) is 17.8 Å². The van der Waals surface area contributed by atoms with E-state index < -0.39 is 11.6 Å². The highest BCUT2D eigenvalue weighted by atomic mass is 19.1. The van der Waals surface area contributed by atoms with E-state index in [9.17, 15) is 13.2 Å². The maximum atomic E-state index is 12.6. The summed E-state index contributed by atoms with van der Waals surface area (Å²) in [6, 6.07) is 16.3. The van der Waals surface area contributed by atoms with Gasteiger partial charge in [-0.05, 0) is 141 Å². The topological polar surface area (TPSA) is 27.7 Å². The molecule has 6 heteroatoms. The van der Waals surface area contributed by atoms with Crippen LogP contribution in [0.5, 0.6) is 0 Å². The summed E-state index contributed by atoms with van der Waals surface area (Å²) in [6.45, 7) is 26.6. The highest BCUT2D eigenvalue weighted by Crippen LogP contribution is 2.21. The zero-order valence-corrected chi connectivity index (χ0v) is 33.7. The quantitative estimate of drug-likeness (QED) is 0.217. The second-order valence-corrected chi connectivity index (χ2v) is 14.9. The Hall–Kier alpha value is -2.93. The van der Waals surface area contributed by atoms with Crippen molar-refractivity contribution in [2.75, 3.05) is 19.8 Å². The third-order valence-electron chi connectivity index (χ3n) is 8.83. The minimum Gasteiger partial charge on any atom is -0.378 e. The fourth-order valence-electron chi connectivity index (χ4n) is 4.91. The van der Waals surface area contributed by atoms with Gasteiger partial charge in [0.15, 0.2) is 6.29 Å².